The number of hydrogen-bond donors (Lipinski definition) is 1. The van der Waals surface area contributed by atoms with Crippen LogP contribution < -0.4 is 5.32 Å². The molecule has 12 heavy (non-hydrogen) atoms. The molecule has 0 heterocycles. The molecule has 1 atom stereocenters. The molecule has 0 aliphatic rings. The highest BCUT2D eigenvalue weighted by molar-refractivity contribution is 4.80. The first-order valence-corrected chi connectivity index (χ1v) is 4.75. The summed E-state index contributed by atoms with van der Waals surface area (Å²) in [7, 11) is 0. The molecule has 0 saturated heterocycles. The molecule has 0 radical (unpaired) electrons. The van der Waals surface area contributed by atoms with Gasteiger partial charge in [0.1, 0.15) is 0 Å². The zero-order valence-electron chi connectivity index (χ0n) is 8.31. The monoisotopic (exact) mass is 171 g/mol. The van der Waals surface area contributed by atoms with Gasteiger partial charge in [0.25, 0.3) is 0 Å². The lowest BCUT2D eigenvalue weighted by Gasteiger charge is -2.08. The van der Waals surface area contributed by atoms with Gasteiger partial charge in [-0.2, -0.15) is 0 Å². The first kappa shape index (κ1) is 11.7. The van der Waals surface area contributed by atoms with E-state index >= 15 is 0 Å². The van der Waals surface area contributed by atoms with Crippen LogP contribution in [0.1, 0.15) is 26.7 Å². The molecule has 0 rings (SSSR count). The third kappa shape index (κ3) is 7.76. The van der Waals surface area contributed by atoms with Crippen LogP contribution in [0, 0.1) is 0 Å². The van der Waals surface area contributed by atoms with E-state index in [0.29, 0.717) is 6.04 Å². The van der Waals surface area contributed by atoms with Gasteiger partial charge < -0.3 is 10.1 Å². The summed E-state index contributed by atoms with van der Waals surface area (Å²) in [5, 5.41) is 3.31. The molecule has 0 aliphatic heterocycles. The summed E-state index contributed by atoms with van der Waals surface area (Å²) in [6.07, 6.45) is 4.10. The zero-order chi connectivity index (χ0) is 9.23. The predicted octanol–water partition coefficient (Wildman–Crippen LogP) is 1.97. The Morgan fingerprint density at radius 1 is 1.50 bits per heavy atom. The molecule has 1 unspecified atom stereocenters. The topological polar surface area (TPSA) is 21.3 Å². The van der Waals surface area contributed by atoms with Crippen LogP contribution >= 0.6 is 0 Å². The molecule has 1 N–H and O–H groups in total. The Hall–Kier alpha value is -0.340. The van der Waals surface area contributed by atoms with Crippen molar-refractivity contribution in [3.8, 4) is 0 Å². The molecule has 0 spiro atoms. The Kier molecular flexibility index (Phi) is 8.51. The van der Waals surface area contributed by atoms with Crippen LogP contribution in [0.2, 0.25) is 0 Å². The van der Waals surface area contributed by atoms with E-state index in [1.165, 1.54) is 0 Å². The van der Waals surface area contributed by atoms with E-state index in [1.807, 2.05) is 6.08 Å². The summed E-state index contributed by atoms with van der Waals surface area (Å²) in [5.41, 5.74) is 0. The van der Waals surface area contributed by atoms with Crippen molar-refractivity contribution in [1.29, 1.82) is 0 Å². The summed E-state index contributed by atoms with van der Waals surface area (Å²) < 4.78 is 5.33. The summed E-state index contributed by atoms with van der Waals surface area (Å²) in [6, 6.07) is 0.413. The lowest BCUT2D eigenvalue weighted by molar-refractivity contribution is 0.132. The largest absolute Gasteiger partial charge is 0.381 e. The van der Waals surface area contributed by atoms with Gasteiger partial charge in [0, 0.05) is 19.3 Å². The van der Waals surface area contributed by atoms with Crippen molar-refractivity contribution in [2.75, 3.05) is 19.8 Å². The minimum absolute atomic E-state index is 0.413. The predicted molar refractivity (Wildman–Crippen MR) is 53.4 cm³/mol. The molecule has 2 heteroatoms. The Morgan fingerprint density at radius 3 is 2.83 bits per heavy atom. The maximum absolute atomic E-state index is 5.33. The van der Waals surface area contributed by atoms with E-state index in [-0.39, 0.29) is 0 Å². The Labute approximate surface area is 76.0 Å². The van der Waals surface area contributed by atoms with Gasteiger partial charge in [0.15, 0.2) is 0 Å². The van der Waals surface area contributed by atoms with E-state index < -0.39 is 0 Å². The summed E-state index contributed by atoms with van der Waals surface area (Å²) in [5.74, 6) is 0. The van der Waals surface area contributed by atoms with Crippen LogP contribution in [0.5, 0.6) is 0 Å². The molecule has 72 valence electrons. The van der Waals surface area contributed by atoms with Crippen LogP contribution in [0.4, 0.5) is 0 Å². The number of nitrogens with one attached hydrogen (secondary N) is 1. The highest BCUT2D eigenvalue weighted by Crippen LogP contribution is 1.86. The highest BCUT2D eigenvalue weighted by Gasteiger charge is 1.92. The highest BCUT2D eigenvalue weighted by atomic mass is 16.5. The van der Waals surface area contributed by atoms with Crippen LogP contribution in [0.15, 0.2) is 12.7 Å². The van der Waals surface area contributed by atoms with Gasteiger partial charge in [-0.3, -0.25) is 0 Å². The Balaban J connectivity index is 2.95. The van der Waals surface area contributed by atoms with Crippen LogP contribution in [-0.4, -0.2) is 25.8 Å². The van der Waals surface area contributed by atoms with Gasteiger partial charge in [-0.25, -0.2) is 0 Å². The normalized spacial score (nSPS) is 12.8. The average molecular weight is 171 g/mol. The van der Waals surface area contributed by atoms with Crippen molar-refractivity contribution in [2.45, 2.75) is 32.7 Å². The minimum atomic E-state index is 0.413. The van der Waals surface area contributed by atoms with Crippen molar-refractivity contribution in [2.24, 2.45) is 0 Å². The van der Waals surface area contributed by atoms with Gasteiger partial charge in [0.05, 0.1) is 0 Å². The zero-order valence-corrected chi connectivity index (χ0v) is 8.31. The fourth-order valence-corrected chi connectivity index (χ4v) is 0.834. The van der Waals surface area contributed by atoms with Crippen molar-refractivity contribution in [3.63, 3.8) is 0 Å². The second-order valence-corrected chi connectivity index (χ2v) is 2.94. The fraction of sp³-hybridized carbons (Fsp3) is 0.800. The summed E-state index contributed by atoms with van der Waals surface area (Å²) in [6.45, 7) is 10.7. The Morgan fingerprint density at radius 2 is 2.25 bits per heavy atom. The quantitative estimate of drug-likeness (QED) is 0.445. The SMILES string of the molecule is C=CC(C)NCCCOCCC. The smallest absolute Gasteiger partial charge is 0.0478 e. The molecule has 2 nitrogen and oxygen atoms in total. The van der Waals surface area contributed by atoms with E-state index in [0.717, 1.165) is 32.6 Å². The average Bonchev–Trinajstić information content (AvgIpc) is 2.10. The van der Waals surface area contributed by atoms with E-state index in [4.69, 9.17) is 4.74 Å². The third-order valence-electron chi connectivity index (χ3n) is 1.63. The maximum Gasteiger partial charge on any atom is 0.0478 e. The molecule has 0 saturated carbocycles. The number of rotatable bonds is 8. The van der Waals surface area contributed by atoms with Gasteiger partial charge in [0.2, 0.25) is 0 Å². The molecular weight excluding hydrogens is 150 g/mol. The van der Waals surface area contributed by atoms with Gasteiger partial charge in [-0.15, -0.1) is 6.58 Å². The molecule has 0 aromatic carbocycles. The van der Waals surface area contributed by atoms with Crippen LogP contribution in [-0.2, 0) is 4.74 Å². The number of hydrogen-bond acceptors (Lipinski definition) is 2. The molecular formula is C10H21NO. The van der Waals surface area contributed by atoms with Crippen molar-refractivity contribution >= 4 is 0 Å². The second-order valence-electron chi connectivity index (χ2n) is 2.94. The molecule has 0 amide bonds. The molecule has 0 bridgehead atoms. The first-order chi connectivity index (χ1) is 5.81. The lowest BCUT2D eigenvalue weighted by atomic mass is 10.3. The molecule has 0 aromatic heterocycles. The van der Waals surface area contributed by atoms with Crippen molar-refractivity contribution in [3.05, 3.63) is 12.7 Å². The van der Waals surface area contributed by atoms with Gasteiger partial charge in [-0.1, -0.05) is 13.0 Å². The number of ether oxygens (including phenoxy) is 1. The van der Waals surface area contributed by atoms with Crippen molar-refractivity contribution < 1.29 is 4.74 Å². The van der Waals surface area contributed by atoms with Crippen molar-refractivity contribution in [1.82, 2.24) is 5.32 Å². The standard InChI is InChI=1S/C10H21NO/c1-4-8-12-9-6-7-11-10(3)5-2/h5,10-11H,2,4,6-9H2,1,3H3. The van der Waals surface area contributed by atoms with E-state index in [1.54, 1.807) is 0 Å². The molecule has 0 fully saturated rings. The Bertz CT molecular complexity index is 104. The second kappa shape index (κ2) is 8.75. The summed E-state index contributed by atoms with van der Waals surface area (Å²) in [4.78, 5) is 0. The fourth-order valence-electron chi connectivity index (χ4n) is 0.834. The van der Waals surface area contributed by atoms with Crippen LogP contribution in [0.25, 0.3) is 0 Å². The maximum atomic E-state index is 5.33. The van der Waals surface area contributed by atoms with Crippen LogP contribution in [0.3, 0.4) is 0 Å². The van der Waals surface area contributed by atoms with Gasteiger partial charge in [-0.05, 0) is 26.3 Å². The molecule has 0 aliphatic carbocycles. The third-order valence-corrected chi connectivity index (χ3v) is 1.63. The summed E-state index contributed by atoms with van der Waals surface area (Å²) >= 11 is 0. The molecule has 0 aromatic rings. The van der Waals surface area contributed by atoms with E-state index in [9.17, 15) is 0 Å². The first-order valence-electron chi connectivity index (χ1n) is 4.75. The minimum Gasteiger partial charge on any atom is -0.381 e. The van der Waals surface area contributed by atoms with Gasteiger partial charge >= 0.3 is 0 Å². The lowest BCUT2D eigenvalue weighted by Crippen LogP contribution is -2.25. The van der Waals surface area contributed by atoms with E-state index in [2.05, 4.69) is 25.7 Å².